The van der Waals surface area contributed by atoms with Gasteiger partial charge in [-0.1, -0.05) is 23.7 Å². The maximum Gasteiger partial charge on any atom is 0.311 e. The average Bonchev–Trinajstić information content (AvgIpc) is 2.50. The Kier molecular flexibility index (Phi) is 5.64. The molecule has 0 aliphatic carbocycles. The van der Waals surface area contributed by atoms with Gasteiger partial charge in [0.25, 0.3) is 0 Å². The Balaban J connectivity index is 1.75. The van der Waals surface area contributed by atoms with Gasteiger partial charge in [0.2, 0.25) is 0 Å². The molecule has 0 spiro atoms. The predicted molar refractivity (Wildman–Crippen MR) is 83.0 cm³/mol. The number of hydrogen-bond donors (Lipinski definition) is 0. The largest absolute Gasteiger partial charge is 0.497 e. The lowest BCUT2D eigenvalue weighted by atomic mass is 10.1. The van der Waals surface area contributed by atoms with Crippen molar-refractivity contribution < 1.29 is 14.3 Å². The summed E-state index contributed by atoms with van der Waals surface area (Å²) in [6.07, 6.45) is 1.96. The number of hydrogen-bond acceptors (Lipinski definition) is 3. The van der Waals surface area contributed by atoms with E-state index in [0.29, 0.717) is 12.2 Å². The first-order valence-corrected chi connectivity index (χ1v) is 7.14. The van der Waals surface area contributed by atoms with Gasteiger partial charge in [0.1, 0.15) is 11.5 Å². The number of carbonyl (C=O) groups is 1. The van der Waals surface area contributed by atoms with Gasteiger partial charge in [-0.2, -0.15) is 0 Å². The number of halogens is 1. The van der Waals surface area contributed by atoms with E-state index in [0.717, 1.165) is 29.2 Å². The van der Waals surface area contributed by atoms with Crippen molar-refractivity contribution in [1.29, 1.82) is 0 Å². The topological polar surface area (TPSA) is 35.5 Å². The smallest absolute Gasteiger partial charge is 0.311 e. The van der Waals surface area contributed by atoms with E-state index in [-0.39, 0.29) is 5.97 Å². The molecule has 2 aromatic carbocycles. The lowest BCUT2D eigenvalue weighted by molar-refractivity contribution is -0.134. The maximum absolute atomic E-state index is 11.7. The molecule has 21 heavy (non-hydrogen) atoms. The molecule has 0 fully saturated rings. The molecule has 0 atom stereocenters. The highest BCUT2D eigenvalue weighted by atomic mass is 35.5. The van der Waals surface area contributed by atoms with Crippen LogP contribution in [0.2, 0.25) is 5.02 Å². The van der Waals surface area contributed by atoms with Crippen LogP contribution in [-0.2, 0) is 11.2 Å². The third-order valence-corrected chi connectivity index (χ3v) is 3.30. The van der Waals surface area contributed by atoms with Gasteiger partial charge in [-0.05, 0) is 54.8 Å². The molecule has 0 saturated carbocycles. The molecule has 110 valence electrons. The van der Waals surface area contributed by atoms with Crippen LogP contribution in [0.15, 0.2) is 48.5 Å². The van der Waals surface area contributed by atoms with E-state index in [1.807, 2.05) is 24.3 Å². The van der Waals surface area contributed by atoms with Crippen molar-refractivity contribution in [2.24, 2.45) is 0 Å². The first kappa shape index (κ1) is 15.4. The summed E-state index contributed by atoms with van der Waals surface area (Å²) in [5.74, 6) is 1.04. The zero-order chi connectivity index (χ0) is 15.1. The number of carbonyl (C=O) groups excluding carboxylic acids is 1. The highest BCUT2D eigenvalue weighted by Gasteiger charge is 2.05. The van der Waals surface area contributed by atoms with Crippen LogP contribution in [0.25, 0.3) is 0 Å². The predicted octanol–water partition coefficient (Wildman–Crippen LogP) is 4.28. The van der Waals surface area contributed by atoms with Crippen molar-refractivity contribution >= 4 is 17.6 Å². The van der Waals surface area contributed by atoms with Crippen molar-refractivity contribution in [2.45, 2.75) is 19.3 Å². The van der Waals surface area contributed by atoms with Crippen molar-refractivity contribution in [3.05, 3.63) is 59.1 Å². The first-order chi connectivity index (χ1) is 10.2. The third-order valence-electron chi connectivity index (χ3n) is 3.05. The normalized spacial score (nSPS) is 10.2. The molecule has 0 amide bonds. The van der Waals surface area contributed by atoms with Crippen molar-refractivity contribution in [3.8, 4) is 11.5 Å². The Morgan fingerprint density at radius 3 is 2.24 bits per heavy atom. The molecule has 3 nitrogen and oxygen atoms in total. The van der Waals surface area contributed by atoms with E-state index in [1.165, 1.54) is 0 Å². The monoisotopic (exact) mass is 304 g/mol. The summed E-state index contributed by atoms with van der Waals surface area (Å²) in [5.41, 5.74) is 1.16. The zero-order valence-electron chi connectivity index (χ0n) is 11.8. The van der Waals surface area contributed by atoms with E-state index in [1.54, 1.807) is 31.4 Å². The molecular formula is C17H17ClO3. The number of ether oxygens (including phenoxy) is 2. The summed E-state index contributed by atoms with van der Waals surface area (Å²) in [5, 5.41) is 0.720. The second-order valence-corrected chi connectivity index (χ2v) is 5.07. The van der Waals surface area contributed by atoms with Gasteiger partial charge in [0, 0.05) is 11.4 Å². The summed E-state index contributed by atoms with van der Waals surface area (Å²) < 4.78 is 10.3. The highest BCUT2D eigenvalue weighted by Crippen LogP contribution is 2.18. The summed E-state index contributed by atoms with van der Waals surface area (Å²) in [6.45, 7) is 0. The van der Waals surface area contributed by atoms with E-state index >= 15 is 0 Å². The fourth-order valence-electron chi connectivity index (χ4n) is 1.91. The van der Waals surface area contributed by atoms with Crippen LogP contribution in [0.4, 0.5) is 0 Å². The summed E-state index contributed by atoms with van der Waals surface area (Å²) in [4.78, 5) is 11.7. The van der Waals surface area contributed by atoms with Crippen LogP contribution < -0.4 is 9.47 Å². The number of aryl methyl sites for hydroxylation is 1. The van der Waals surface area contributed by atoms with E-state index in [9.17, 15) is 4.79 Å². The minimum atomic E-state index is -0.228. The molecule has 0 unspecified atom stereocenters. The fraction of sp³-hybridized carbons (Fsp3) is 0.235. The molecule has 2 rings (SSSR count). The molecule has 0 radical (unpaired) electrons. The lowest BCUT2D eigenvalue weighted by Gasteiger charge is -2.05. The number of rotatable bonds is 6. The minimum absolute atomic E-state index is 0.228. The van der Waals surface area contributed by atoms with Crippen LogP contribution in [-0.4, -0.2) is 13.1 Å². The maximum atomic E-state index is 11.7. The number of benzene rings is 2. The standard InChI is InChI=1S/C17H17ClO3/c1-20-15-9-11-16(12-10-15)21-17(19)4-2-3-13-5-7-14(18)8-6-13/h5-12H,2-4H2,1H3. The summed E-state index contributed by atoms with van der Waals surface area (Å²) >= 11 is 5.82. The molecule has 0 aromatic heterocycles. The lowest BCUT2D eigenvalue weighted by Crippen LogP contribution is -2.08. The molecule has 0 saturated heterocycles. The van der Waals surface area contributed by atoms with Crippen molar-refractivity contribution in [3.63, 3.8) is 0 Å². The van der Waals surface area contributed by atoms with E-state index in [2.05, 4.69) is 0 Å². The van der Waals surface area contributed by atoms with Gasteiger partial charge >= 0.3 is 5.97 Å². The van der Waals surface area contributed by atoms with Crippen LogP contribution in [0, 0.1) is 0 Å². The van der Waals surface area contributed by atoms with E-state index in [4.69, 9.17) is 21.1 Å². The van der Waals surface area contributed by atoms with Gasteiger partial charge in [0.05, 0.1) is 7.11 Å². The summed E-state index contributed by atoms with van der Waals surface area (Å²) in [7, 11) is 1.60. The first-order valence-electron chi connectivity index (χ1n) is 6.76. The molecule has 0 aliphatic rings. The molecule has 0 heterocycles. The molecule has 0 bridgehead atoms. The van der Waals surface area contributed by atoms with Gasteiger partial charge in [-0.3, -0.25) is 4.79 Å². The Morgan fingerprint density at radius 2 is 1.62 bits per heavy atom. The quantitative estimate of drug-likeness (QED) is 0.590. The number of methoxy groups -OCH3 is 1. The molecular weight excluding hydrogens is 288 g/mol. The number of esters is 1. The second kappa shape index (κ2) is 7.70. The van der Waals surface area contributed by atoms with Crippen molar-refractivity contribution in [2.75, 3.05) is 7.11 Å². The van der Waals surface area contributed by atoms with Gasteiger partial charge in [-0.15, -0.1) is 0 Å². The second-order valence-electron chi connectivity index (χ2n) is 4.63. The molecule has 0 N–H and O–H groups in total. The third kappa shape index (κ3) is 5.12. The van der Waals surface area contributed by atoms with Crippen LogP contribution in [0.5, 0.6) is 11.5 Å². The minimum Gasteiger partial charge on any atom is -0.497 e. The Labute approximate surface area is 129 Å². The van der Waals surface area contributed by atoms with Gasteiger partial charge in [-0.25, -0.2) is 0 Å². The van der Waals surface area contributed by atoms with Crippen molar-refractivity contribution in [1.82, 2.24) is 0 Å². The Bertz CT molecular complexity index is 576. The zero-order valence-corrected chi connectivity index (χ0v) is 12.6. The molecule has 2 aromatic rings. The molecule has 4 heteroatoms. The highest BCUT2D eigenvalue weighted by molar-refractivity contribution is 6.30. The van der Waals surface area contributed by atoms with Gasteiger partial charge < -0.3 is 9.47 Å². The average molecular weight is 305 g/mol. The SMILES string of the molecule is COc1ccc(OC(=O)CCCc2ccc(Cl)cc2)cc1. The Hall–Kier alpha value is -2.00. The van der Waals surface area contributed by atoms with Crippen LogP contribution in [0.1, 0.15) is 18.4 Å². The van der Waals surface area contributed by atoms with E-state index < -0.39 is 0 Å². The van der Waals surface area contributed by atoms with Gasteiger partial charge in [0.15, 0.2) is 0 Å². The van der Waals surface area contributed by atoms with Crippen LogP contribution in [0.3, 0.4) is 0 Å². The van der Waals surface area contributed by atoms with Crippen LogP contribution >= 0.6 is 11.6 Å². The molecule has 0 aliphatic heterocycles. The summed E-state index contributed by atoms with van der Waals surface area (Å²) in [6, 6.07) is 14.6. The fourth-order valence-corrected chi connectivity index (χ4v) is 2.04. The Morgan fingerprint density at radius 1 is 1.00 bits per heavy atom.